The summed E-state index contributed by atoms with van der Waals surface area (Å²) in [5.41, 5.74) is 10.9. The standard InChI is InChI=1S/C36H31N5O2/c1-26-13-14-27(2)41(26)33-19-15-30(16-20-33)36(42)38-37-23-31-24-40(32-11-7-4-8-12-32)39-35(31)29-17-21-34(22-18-29)43-25-28-9-5-3-6-10-28/h3-24H,25H2,1-2H3,(H,38,42)/b37-23+. The highest BCUT2D eigenvalue weighted by Crippen LogP contribution is 2.25. The molecule has 0 atom stereocenters. The van der Waals surface area contributed by atoms with Crippen LogP contribution in [0.4, 0.5) is 0 Å². The number of para-hydroxylation sites is 1. The van der Waals surface area contributed by atoms with Crippen LogP contribution < -0.4 is 10.2 Å². The fourth-order valence-corrected chi connectivity index (χ4v) is 4.93. The van der Waals surface area contributed by atoms with Crippen molar-refractivity contribution >= 4 is 12.1 Å². The van der Waals surface area contributed by atoms with E-state index in [1.165, 1.54) is 0 Å². The quantitative estimate of drug-likeness (QED) is 0.148. The molecule has 212 valence electrons. The molecule has 0 spiro atoms. The predicted molar refractivity (Wildman–Crippen MR) is 170 cm³/mol. The molecule has 4 aromatic carbocycles. The Kier molecular flexibility index (Phi) is 7.95. The molecule has 0 aliphatic carbocycles. The summed E-state index contributed by atoms with van der Waals surface area (Å²) in [6.07, 6.45) is 3.52. The Bertz CT molecular complexity index is 1830. The van der Waals surface area contributed by atoms with E-state index in [0.717, 1.165) is 50.9 Å². The number of hydrogen-bond acceptors (Lipinski definition) is 4. The van der Waals surface area contributed by atoms with E-state index in [1.54, 1.807) is 18.3 Å². The second-order valence-electron chi connectivity index (χ2n) is 10.2. The Hall–Kier alpha value is -5.69. The van der Waals surface area contributed by atoms with Crippen LogP contribution in [0.2, 0.25) is 0 Å². The van der Waals surface area contributed by atoms with Gasteiger partial charge in [-0.15, -0.1) is 0 Å². The van der Waals surface area contributed by atoms with Gasteiger partial charge < -0.3 is 9.30 Å². The maximum absolute atomic E-state index is 12.9. The Labute approximate surface area is 250 Å². The van der Waals surface area contributed by atoms with Crippen LogP contribution in [0.25, 0.3) is 22.6 Å². The summed E-state index contributed by atoms with van der Waals surface area (Å²) in [7, 11) is 0. The van der Waals surface area contributed by atoms with Gasteiger partial charge in [-0.2, -0.15) is 10.2 Å². The van der Waals surface area contributed by atoms with Crippen LogP contribution in [0.1, 0.15) is 32.9 Å². The Morgan fingerprint density at radius 3 is 2.12 bits per heavy atom. The molecule has 1 N–H and O–H groups in total. The van der Waals surface area contributed by atoms with Gasteiger partial charge in [0.15, 0.2) is 0 Å². The smallest absolute Gasteiger partial charge is 0.271 e. The van der Waals surface area contributed by atoms with E-state index in [0.29, 0.717) is 12.2 Å². The summed E-state index contributed by atoms with van der Waals surface area (Å²) < 4.78 is 9.91. The lowest BCUT2D eigenvalue weighted by molar-refractivity contribution is 0.0955. The molecular formula is C36H31N5O2. The van der Waals surface area contributed by atoms with E-state index in [4.69, 9.17) is 9.84 Å². The zero-order chi connectivity index (χ0) is 29.6. The summed E-state index contributed by atoms with van der Waals surface area (Å²) in [5.74, 6) is 0.478. The van der Waals surface area contributed by atoms with Gasteiger partial charge in [-0.25, -0.2) is 10.1 Å². The first-order valence-corrected chi connectivity index (χ1v) is 14.1. The van der Waals surface area contributed by atoms with Crippen LogP contribution in [-0.4, -0.2) is 26.5 Å². The van der Waals surface area contributed by atoms with Gasteiger partial charge in [-0.3, -0.25) is 4.79 Å². The van der Waals surface area contributed by atoms with Crippen molar-refractivity contribution in [1.82, 2.24) is 19.8 Å². The Morgan fingerprint density at radius 1 is 0.791 bits per heavy atom. The van der Waals surface area contributed by atoms with Gasteiger partial charge >= 0.3 is 0 Å². The summed E-state index contributed by atoms with van der Waals surface area (Å²) >= 11 is 0. The molecule has 0 bridgehead atoms. The number of nitrogens with zero attached hydrogens (tertiary/aromatic N) is 4. The molecule has 0 saturated heterocycles. The highest BCUT2D eigenvalue weighted by molar-refractivity contribution is 5.95. The van der Waals surface area contributed by atoms with Gasteiger partial charge in [0.05, 0.1) is 11.9 Å². The third-order valence-electron chi connectivity index (χ3n) is 7.17. The fourth-order valence-electron chi connectivity index (χ4n) is 4.93. The van der Waals surface area contributed by atoms with E-state index >= 15 is 0 Å². The molecule has 6 rings (SSSR count). The lowest BCUT2D eigenvalue weighted by atomic mass is 10.1. The van der Waals surface area contributed by atoms with Crippen molar-refractivity contribution in [1.29, 1.82) is 0 Å². The number of ether oxygens (including phenoxy) is 1. The van der Waals surface area contributed by atoms with Crippen molar-refractivity contribution in [3.05, 3.63) is 156 Å². The van der Waals surface area contributed by atoms with Gasteiger partial charge in [-0.1, -0.05) is 48.5 Å². The van der Waals surface area contributed by atoms with E-state index in [-0.39, 0.29) is 5.91 Å². The predicted octanol–water partition coefficient (Wildman–Crippen LogP) is 7.29. The molecule has 0 radical (unpaired) electrons. The normalized spacial score (nSPS) is 11.1. The van der Waals surface area contributed by atoms with Gasteiger partial charge in [0.2, 0.25) is 0 Å². The lowest BCUT2D eigenvalue weighted by Gasteiger charge is -2.10. The first-order chi connectivity index (χ1) is 21.0. The van der Waals surface area contributed by atoms with Crippen LogP contribution in [-0.2, 0) is 6.61 Å². The number of nitrogens with one attached hydrogen (secondary N) is 1. The molecule has 0 aliphatic rings. The molecule has 1 amide bonds. The zero-order valence-corrected chi connectivity index (χ0v) is 24.0. The highest BCUT2D eigenvalue weighted by atomic mass is 16.5. The van der Waals surface area contributed by atoms with Gasteiger partial charge in [-0.05, 0) is 92.2 Å². The van der Waals surface area contributed by atoms with E-state index < -0.39 is 0 Å². The van der Waals surface area contributed by atoms with Gasteiger partial charge in [0.25, 0.3) is 5.91 Å². The Morgan fingerprint density at radius 2 is 1.44 bits per heavy atom. The molecular weight excluding hydrogens is 534 g/mol. The number of hydrogen-bond donors (Lipinski definition) is 1. The van der Waals surface area contributed by atoms with E-state index in [9.17, 15) is 4.79 Å². The number of rotatable bonds is 9. The van der Waals surface area contributed by atoms with Crippen molar-refractivity contribution in [2.45, 2.75) is 20.5 Å². The minimum Gasteiger partial charge on any atom is -0.489 e. The molecule has 7 heteroatoms. The van der Waals surface area contributed by atoms with Crippen molar-refractivity contribution in [3.8, 4) is 28.4 Å². The van der Waals surface area contributed by atoms with Crippen molar-refractivity contribution in [2.24, 2.45) is 5.10 Å². The molecule has 0 unspecified atom stereocenters. The Balaban J connectivity index is 1.19. The number of carbonyl (C=O) groups is 1. The van der Waals surface area contributed by atoms with Crippen LogP contribution in [0.3, 0.4) is 0 Å². The van der Waals surface area contributed by atoms with Crippen LogP contribution in [0.15, 0.2) is 133 Å². The topological polar surface area (TPSA) is 73.4 Å². The average Bonchev–Trinajstić information content (AvgIpc) is 3.63. The zero-order valence-electron chi connectivity index (χ0n) is 24.0. The number of aryl methyl sites for hydroxylation is 2. The molecule has 0 saturated carbocycles. The first kappa shape index (κ1) is 27.5. The average molecular weight is 566 g/mol. The molecule has 2 aromatic heterocycles. The second kappa shape index (κ2) is 12.4. The second-order valence-corrected chi connectivity index (χ2v) is 10.2. The van der Waals surface area contributed by atoms with Crippen LogP contribution >= 0.6 is 0 Å². The van der Waals surface area contributed by atoms with Crippen LogP contribution in [0.5, 0.6) is 5.75 Å². The number of benzene rings is 4. The fraction of sp³-hybridized carbons (Fsp3) is 0.0833. The summed E-state index contributed by atoms with van der Waals surface area (Å²) in [4.78, 5) is 12.9. The molecule has 6 aromatic rings. The third kappa shape index (κ3) is 6.31. The number of hydrazone groups is 1. The molecule has 7 nitrogen and oxygen atoms in total. The minimum absolute atomic E-state index is 0.291. The maximum Gasteiger partial charge on any atom is 0.271 e. The van der Waals surface area contributed by atoms with Crippen molar-refractivity contribution < 1.29 is 9.53 Å². The number of aromatic nitrogens is 3. The van der Waals surface area contributed by atoms with Gasteiger partial charge in [0.1, 0.15) is 18.1 Å². The summed E-state index contributed by atoms with van der Waals surface area (Å²) in [6.45, 7) is 4.62. The highest BCUT2D eigenvalue weighted by Gasteiger charge is 2.13. The SMILES string of the molecule is Cc1ccc(C)n1-c1ccc(C(=O)N/N=C/c2cn(-c3ccccc3)nc2-c2ccc(OCc3ccccc3)cc2)cc1. The maximum atomic E-state index is 12.9. The number of carbonyl (C=O) groups excluding carboxylic acids is 1. The monoisotopic (exact) mass is 565 g/mol. The first-order valence-electron chi connectivity index (χ1n) is 14.1. The summed E-state index contributed by atoms with van der Waals surface area (Å²) in [5, 5.41) is 9.13. The minimum atomic E-state index is -0.291. The summed E-state index contributed by atoms with van der Waals surface area (Å²) in [6, 6.07) is 39.4. The lowest BCUT2D eigenvalue weighted by Crippen LogP contribution is -2.17. The largest absolute Gasteiger partial charge is 0.489 e. The van der Waals surface area contributed by atoms with Gasteiger partial charge in [0, 0.05) is 40.0 Å². The van der Waals surface area contributed by atoms with Crippen LogP contribution in [0, 0.1) is 13.8 Å². The molecule has 0 aliphatic heterocycles. The number of amides is 1. The van der Waals surface area contributed by atoms with E-state index in [1.807, 2.05) is 108 Å². The van der Waals surface area contributed by atoms with E-state index in [2.05, 4.69) is 41.1 Å². The third-order valence-corrected chi connectivity index (χ3v) is 7.17. The molecule has 43 heavy (non-hydrogen) atoms. The molecule has 0 fully saturated rings. The van der Waals surface area contributed by atoms with Crippen molar-refractivity contribution in [2.75, 3.05) is 0 Å². The van der Waals surface area contributed by atoms with Crippen molar-refractivity contribution in [3.63, 3.8) is 0 Å². The molecule has 2 heterocycles.